The zero-order valence-corrected chi connectivity index (χ0v) is 36.8. The molecule has 0 amide bonds. The lowest BCUT2D eigenvalue weighted by Gasteiger charge is -2.18. The average Bonchev–Trinajstić information content (AvgIpc) is 3.16. The number of hydrogen-bond donors (Lipinski definition) is 1. The van der Waals surface area contributed by atoms with Crippen LogP contribution in [0.1, 0.15) is 290 Å². The van der Waals surface area contributed by atoms with Crippen LogP contribution in [0.2, 0.25) is 0 Å². The van der Waals surface area contributed by atoms with Gasteiger partial charge < -0.3 is 9.84 Å². The van der Waals surface area contributed by atoms with Crippen LogP contribution in [0.4, 0.5) is 0 Å². The lowest BCUT2D eigenvalue weighted by atomic mass is 10.0. The van der Waals surface area contributed by atoms with Crippen LogP contribution in [0.3, 0.4) is 0 Å². The minimum absolute atomic E-state index is 0.00445. The largest absolute Gasteiger partial charge is 0.481 e. The van der Waals surface area contributed by atoms with Crippen LogP contribution in [-0.4, -0.2) is 23.1 Å². The molecule has 0 aliphatic carbocycles. The van der Waals surface area contributed by atoms with Gasteiger partial charge in [-0.25, -0.2) is 0 Å². The average molecular weight is 761 g/mol. The highest BCUT2D eigenvalue weighted by Crippen LogP contribution is 2.19. The van der Waals surface area contributed by atoms with Gasteiger partial charge in [0.05, 0.1) is 0 Å². The number of carboxylic acid groups (broad SMARTS) is 1. The maximum atomic E-state index is 12.8. The van der Waals surface area contributed by atoms with E-state index in [4.69, 9.17) is 9.84 Å². The summed E-state index contributed by atoms with van der Waals surface area (Å²) in [5.74, 6) is -0.704. The number of carbonyl (C=O) groups is 2. The molecule has 54 heavy (non-hydrogen) atoms. The van der Waals surface area contributed by atoms with Gasteiger partial charge in [-0.2, -0.15) is 0 Å². The van der Waals surface area contributed by atoms with E-state index in [1.54, 1.807) is 0 Å². The fraction of sp³-hybridized carbons (Fsp3) is 0.920. The van der Waals surface area contributed by atoms with Gasteiger partial charge >= 0.3 is 11.9 Å². The van der Waals surface area contributed by atoms with Crippen molar-refractivity contribution in [1.29, 1.82) is 0 Å². The van der Waals surface area contributed by atoms with E-state index in [0.29, 0.717) is 6.42 Å². The third kappa shape index (κ3) is 45.1. The maximum Gasteiger partial charge on any atom is 0.306 e. The normalized spacial score (nSPS) is 12.2. The number of carbonyl (C=O) groups excluding carboxylic acids is 1. The summed E-state index contributed by atoms with van der Waals surface area (Å²) in [6, 6.07) is 0. The third-order valence-electron chi connectivity index (χ3n) is 11.5. The van der Waals surface area contributed by atoms with Crippen LogP contribution < -0.4 is 0 Å². The summed E-state index contributed by atoms with van der Waals surface area (Å²) in [5.41, 5.74) is 0. The lowest BCUT2D eigenvalue weighted by Crippen LogP contribution is -2.18. The van der Waals surface area contributed by atoms with E-state index < -0.39 is 5.97 Å². The van der Waals surface area contributed by atoms with Gasteiger partial charge in [0.2, 0.25) is 0 Å². The van der Waals surface area contributed by atoms with E-state index in [-0.39, 0.29) is 18.5 Å². The molecule has 320 valence electrons. The molecule has 0 spiro atoms. The smallest absolute Gasteiger partial charge is 0.306 e. The van der Waals surface area contributed by atoms with Crippen molar-refractivity contribution in [3.63, 3.8) is 0 Å². The first kappa shape index (κ1) is 52.7. The van der Waals surface area contributed by atoms with Gasteiger partial charge in [-0.3, -0.25) is 9.59 Å². The van der Waals surface area contributed by atoms with Crippen molar-refractivity contribution < 1.29 is 19.4 Å². The van der Waals surface area contributed by atoms with Crippen molar-refractivity contribution in [2.24, 2.45) is 0 Å². The highest BCUT2D eigenvalue weighted by atomic mass is 16.5. The number of carboxylic acids is 1. The van der Waals surface area contributed by atoms with E-state index in [2.05, 4.69) is 26.0 Å². The Morgan fingerprint density at radius 1 is 0.389 bits per heavy atom. The van der Waals surface area contributed by atoms with Crippen LogP contribution in [0, 0.1) is 0 Å². The van der Waals surface area contributed by atoms with Crippen molar-refractivity contribution in [3.05, 3.63) is 12.2 Å². The zero-order valence-electron chi connectivity index (χ0n) is 36.8. The molecule has 0 saturated carbocycles. The van der Waals surface area contributed by atoms with Crippen molar-refractivity contribution in [2.75, 3.05) is 0 Å². The highest BCUT2D eigenvalue weighted by molar-refractivity contribution is 5.69. The number of hydrogen-bond acceptors (Lipinski definition) is 3. The molecule has 0 aromatic carbocycles. The number of ether oxygens (including phenoxy) is 1. The summed E-state index contributed by atoms with van der Waals surface area (Å²) in [7, 11) is 0. The first-order chi connectivity index (χ1) is 26.6. The Kier molecular flexibility index (Phi) is 44.9. The molecule has 0 aromatic rings. The topological polar surface area (TPSA) is 63.6 Å². The first-order valence-corrected chi connectivity index (χ1v) is 24.7. The molecule has 0 heterocycles. The van der Waals surface area contributed by atoms with E-state index >= 15 is 0 Å². The van der Waals surface area contributed by atoms with Gasteiger partial charge in [0.25, 0.3) is 0 Å². The molecule has 0 saturated heterocycles. The number of allylic oxidation sites excluding steroid dienone is 2. The van der Waals surface area contributed by atoms with E-state index in [0.717, 1.165) is 70.6 Å². The Hall–Kier alpha value is -1.32. The SMILES string of the molecule is CCCCCCCCCC/C=C\CCCC(CCCCCCCC(=O)O)OC(=O)CCCCCCCCCCCCCCCCCCCCCCCCC. The van der Waals surface area contributed by atoms with E-state index in [9.17, 15) is 9.59 Å². The molecule has 0 fully saturated rings. The van der Waals surface area contributed by atoms with Crippen LogP contribution >= 0.6 is 0 Å². The molecule has 1 unspecified atom stereocenters. The monoisotopic (exact) mass is 761 g/mol. The van der Waals surface area contributed by atoms with Crippen molar-refractivity contribution >= 4 is 11.9 Å². The molecule has 4 heteroatoms. The number of esters is 1. The van der Waals surface area contributed by atoms with Gasteiger partial charge in [-0.05, 0) is 57.8 Å². The van der Waals surface area contributed by atoms with Crippen LogP contribution in [0.5, 0.6) is 0 Å². The minimum atomic E-state index is -0.699. The van der Waals surface area contributed by atoms with E-state index in [1.807, 2.05) is 0 Å². The van der Waals surface area contributed by atoms with Gasteiger partial charge in [-0.15, -0.1) is 0 Å². The van der Waals surface area contributed by atoms with Gasteiger partial charge in [0.15, 0.2) is 0 Å². The fourth-order valence-electron chi connectivity index (χ4n) is 7.84. The summed E-state index contributed by atoms with van der Waals surface area (Å²) in [4.78, 5) is 23.5. The Labute approximate surface area is 338 Å². The first-order valence-electron chi connectivity index (χ1n) is 24.7. The minimum Gasteiger partial charge on any atom is -0.481 e. The third-order valence-corrected chi connectivity index (χ3v) is 11.5. The number of rotatable bonds is 46. The molecular weight excluding hydrogens is 665 g/mol. The number of unbranched alkanes of at least 4 members (excludes halogenated alkanes) is 35. The lowest BCUT2D eigenvalue weighted by molar-refractivity contribution is -0.150. The summed E-state index contributed by atoms with van der Waals surface area (Å²) in [5, 5.41) is 8.85. The Bertz CT molecular complexity index is 777. The summed E-state index contributed by atoms with van der Waals surface area (Å²) >= 11 is 0. The number of aliphatic carboxylic acids is 1. The van der Waals surface area contributed by atoms with Crippen LogP contribution in [0.15, 0.2) is 12.2 Å². The molecule has 0 aliphatic heterocycles. The van der Waals surface area contributed by atoms with Crippen LogP contribution in [0.25, 0.3) is 0 Å². The molecule has 4 nitrogen and oxygen atoms in total. The standard InChI is InChI=1S/C50H96O4/c1-3-5-7-9-11-13-15-17-18-19-20-21-22-23-24-25-26-28-30-32-34-39-43-47-50(53)54-48(45-41-37-35-38-42-46-49(51)52)44-40-36-33-31-29-27-16-14-12-10-8-6-4-2/h31,33,48H,3-30,32,34-47H2,1-2H3,(H,51,52)/b33-31-. The molecule has 0 bridgehead atoms. The summed E-state index contributed by atoms with van der Waals surface area (Å²) in [6.45, 7) is 4.57. The van der Waals surface area contributed by atoms with Crippen molar-refractivity contribution in [1.82, 2.24) is 0 Å². The Morgan fingerprint density at radius 3 is 1.07 bits per heavy atom. The van der Waals surface area contributed by atoms with Crippen LogP contribution in [-0.2, 0) is 14.3 Å². The van der Waals surface area contributed by atoms with Gasteiger partial charge in [0, 0.05) is 12.8 Å². The molecule has 0 aliphatic rings. The van der Waals surface area contributed by atoms with Crippen molar-refractivity contribution in [2.45, 2.75) is 296 Å². The predicted octanol–water partition coefficient (Wildman–Crippen LogP) is 17.4. The summed E-state index contributed by atoms with van der Waals surface area (Å²) < 4.78 is 6.03. The Balaban J connectivity index is 3.86. The molecule has 1 atom stereocenters. The quantitative estimate of drug-likeness (QED) is 0.0381. The molecular formula is C50H96O4. The second-order valence-electron chi connectivity index (χ2n) is 17.0. The molecule has 0 radical (unpaired) electrons. The predicted molar refractivity (Wildman–Crippen MR) is 237 cm³/mol. The molecule has 1 N–H and O–H groups in total. The fourth-order valence-corrected chi connectivity index (χ4v) is 7.84. The maximum absolute atomic E-state index is 12.8. The Morgan fingerprint density at radius 2 is 0.685 bits per heavy atom. The second-order valence-corrected chi connectivity index (χ2v) is 17.0. The van der Waals surface area contributed by atoms with Gasteiger partial charge in [-0.1, -0.05) is 231 Å². The highest BCUT2D eigenvalue weighted by Gasteiger charge is 2.14. The van der Waals surface area contributed by atoms with Crippen molar-refractivity contribution in [3.8, 4) is 0 Å². The molecule has 0 aromatic heterocycles. The van der Waals surface area contributed by atoms with E-state index in [1.165, 1.54) is 193 Å². The zero-order chi connectivity index (χ0) is 39.3. The van der Waals surface area contributed by atoms with Gasteiger partial charge in [0.1, 0.15) is 6.10 Å². The summed E-state index contributed by atoms with van der Waals surface area (Å²) in [6.07, 6.45) is 58.4. The second kappa shape index (κ2) is 46.1. The molecule has 0 rings (SSSR count).